The molecule has 0 unspecified atom stereocenters. The third-order valence-electron chi connectivity index (χ3n) is 6.07. The minimum atomic E-state index is -1.13. The van der Waals surface area contributed by atoms with Gasteiger partial charge in [-0.05, 0) is 64.7 Å². The minimum Gasteiger partial charge on any atom is -0.463 e. The van der Waals surface area contributed by atoms with Crippen LogP contribution >= 0.6 is 0 Å². The highest BCUT2D eigenvalue weighted by molar-refractivity contribution is 5.96. The fourth-order valence-electron chi connectivity index (χ4n) is 3.66. The van der Waals surface area contributed by atoms with E-state index in [1.54, 1.807) is 6.92 Å². The summed E-state index contributed by atoms with van der Waals surface area (Å²) in [6, 6.07) is -1.12. The Hall–Kier alpha value is -4.02. The average Bonchev–Trinajstić information content (AvgIpc) is 3.05. The van der Waals surface area contributed by atoms with Crippen molar-refractivity contribution in [2.45, 2.75) is 90.2 Å². The van der Waals surface area contributed by atoms with E-state index >= 15 is 0 Å². The lowest BCUT2D eigenvalue weighted by molar-refractivity contribution is -0.157. The maximum absolute atomic E-state index is 12.5. The number of rotatable bonds is 26. The quantitative estimate of drug-likeness (QED) is 0.0452. The molecule has 0 bridgehead atoms. The summed E-state index contributed by atoms with van der Waals surface area (Å²) in [6.45, 7) is 3.01. The maximum atomic E-state index is 12.5. The summed E-state index contributed by atoms with van der Waals surface area (Å²) in [4.78, 5) is 48.3. The molecular formula is C36H54N2O8. The number of allylic oxidation sites excluding steroid dienone is 12. The van der Waals surface area contributed by atoms with Crippen LogP contribution in [0.25, 0.3) is 0 Å². The van der Waals surface area contributed by atoms with E-state index in [0.29, 0.717) is 19.3 Å². The second-order valence-electron chi connectivity index (χ2n) is 10.0. The maximum Gasteiger partial charge on any atom is 0.330 e. The first-order valence-corrected chi connectivity index (χ1v) is 16.1. The zero-order valence-corrected chi connectivity index (χ0v) is 27.5. The smallest absolute Gasteiger partial charge is 0.330 e. The van der Waals surface area contributed by atoms with Crippen LogP contribution in [0, 0.1) is 0 Å². The summed E-state index contributed by atoms with van der Waals surface area (Å²) in [6.07, 6.45) is 33.3. The molecule has 0 aromatic heterocycles. The lowest BCUT2D eigenvalue weighted by atomic mass is 10.1. The Balaban J connectivity index is 4.28. The summed E-state index contributed by atoms with van der Waals surface area (Å²) < 4.78 is 9.74. The van der Waals surface area contributed by atoms with Crippen LogP contribution in [0.4, 0.5) is 0 Å². The Morgan fingerprint density at radius 3 is 1.74 bits per heavy atom. The molecule has 1 atom stereocenters. The molecular weight excluding hydrogens is 588 g/mol. The molecule has 10 heteroatoms. The lowest BCUT2D eigenvalue weighted by Crippen LogP contribution is -2.44. The van der Waals surface area contributed by atoms with Crippen molar-refractivity contribution in [2.24, 2.45) is 0 Å². The van der Waals surface area contributed by atoms with Gasteiger partial charge in [-0.3, -0.25) is 9.59 Å². The summed E-state index contributed by atoms with van der Waals surface area (Å²) in [7, 11) is 0. The fourth-order valence-corrected chi connectivity index (χ4v) is 3.66. The number of ether oxygens (including phenoxy) is 2. The molecule has 0 aliphatic rings. The van der Waals surface area contributed by atoms with E-state index in [2.05, 4.69) is 78.3 Å². The van der Waals surface area contributed by atoms with E-state index in [4.69, 9.17) is 9.47 Å². The van der Waals surface area contributed by atoms with Crippen LogP contribution in [-0.4, -0.2) is 72.5 Å². The number of aliphatic hydroxyl groups is 2. The Bertz CT molecular complexity index is 1050. The molecule has 0 rings (SSSR count). The summed E-state index contributed by atoms with van der Waals surface area (Å²) >= 11 is 0. The van der Waals surface area contributed by atoms with Crippen LogP contribution in [0.1, 0.15) is 78.1 Å². The molecule has 0 aromatic rings. The number of carbonyl (C=O) groups is 4. The largest absolute Gasteiger partial charge is 0.463 e. The van der Waals surface area contributed by atoms with E-state index in [0.717, 1.165) is 50.7 Å². The highest BCUT2D eigenvalue weighted by Gasteiger charge is 2.24. The molecule has 256 valence electrons. The van der Waals surface area contributed by atoms with Gasteiger partial charge >= 0.3 is 11.9 Å². The van der Waals surface area contributed by atoms with Gasteiger partial charge in [-0.1, -0.05) is 79.8 Å². The van der Waals surface area contributed by atoms with Crippen LogP contribution in [0.2, 0.25) is 0 Å². The van der Waals surface area contributed by atoms with Crippen LogP contribution in [0.3, 0.4) is 0 Å². The molecule has 0 aliphatic heterocycles. The van der Waals surface area contributed by atoms with E-state index in [9.17, 15) is 29.4 Å². The normalized spacial score (nSPS) is 13.0. The zero-order valence-electron chi connectivity index (χ0n) is 27.5. The first-order valence-electron chi connectivity index (χ1n) is 16.1. The Morgan fingerprint density at radius 1 is 0.717 bits per heavy atom. The SMILES string of the molecule is CCC=CCC=CCC=CCC=CCC=CCC=CCCC(=O)NCCC[C@H](NC(=O)C=CC(=O)OCC)C(=O)OC(CO)CO. The monoisotopic (exact) mass is 642 g/mol. The molecule has 0 heterocycles. The molecule has 46 heavy (non-hydrogen) atoms. The van der Waals surface area contributed by atoms with Crippen LogP contribution in [0.5, 0.6) is 0 Å². The van der Waals surface area contributed by atoms with Gasteiger partial charge in [0.2, 0.25) is 11.8 Å². The predicted octanol–water partition coefficient (Wildman–Crippen LogP) is 4.86. The average molecular weight is 643 g/mol. The number of nitrogens with one attached hydrogen (secondary N) is 2. The molecule has 0 aliphatic carbocycles. The van der Waals surface area contributed by atoms with Gasteiger partial charge in [0.25, 0.3) is 0 Å². The first kappa shape index (κ1) is 42.0. The molecule has 0 aromatic carbocycles. The number of hydrogen-bond acceptors (Lipinski definition) is 8. The van der Waals surface area contributed by atoms with Crippen molar-refractivity contribution < 1.29 is 38.9 Å². The van der Waals surface area contributed by atoms with E-state index in [1.807, 2.05) is 12.2 Å². The van der Waals surface area contributed by atoms with Crippen molar-refractivity contribution in [3.63, 3.8) is 0 Å². The van der Waals surface area contributed by atoms with Crippen molar-refractivity contribution in [1.29, 1.82) is 0 Å². The molecule has 4 N–H and O–H groups in total. The van der Waals surface area contributed by atoms with Gasteiger partial charge in [-0.25, -0.2) is 9.59 Å². The number of esters is 2. The summed E-state index contributed by atoms with van der Waals surface area (Å²) in [5.74, 6) is -2.42. The number of hydrogen-bond donors (Lipinski definition) is 4. The van der Waals surface area contributed by atoms with Crippen LogP contribution < -0.4 is 10.6 Å². The third-order valence-corrected chi connectivity index (χ3v) is 6.07. The molecule has 0 saturated carbocycles. The Labute approximate surface area is 274 Å². The van der Waals surface area contributed by atoms with Gasteiger partial charge in [0, 0.05) is 25.1 Å². The van der Waals surface area contributed by atoms with Gasteiger partial charge in [0.05, 0.1) is 19.8 Å². The molecule has 2 amide bonds. The summed E-state index contributed by atoms with van der Waals surface area (Å²) in [5, 5.41) is 23.6. The lowest BCUT2D eigenvalue weighted by Gasteiger charge is -2.20. The standard InChI is InChI=1S/C36H54N2O8/c1-3-5-6-7-8-9-10-11-12-13-14-15-16-17-18-19-20-21-22-25-33(41)37-28-23-24-32(36(44)46-31(29-39)30-40)38-34(42)26-27-35(43)45-4-2/h5-6,8-9,11-12,14-15,17-18,20-21,26-27,31-32,39-40H,3-4,7,10,13,16,19,22-25,28-30H2,1-2H3,(H,37,41)(H,38,42)/t32-/m0/s1. The Kier molecular flexibility index (Phi) is 28.3. The third kappa shape index (κ3) is 26.4. The molecule has 0 fully saturated rings. The van der Waals surface area contributed by atoms with Crippen molar-refractivity contribution >= 4 is 23.8 Å². The van der Waals surface area contributed by atoms with E-state index in [1.165, 1.54) is 0 Å². The molecule has 10 nitrogen and oxygen atoms in total. The van der Waals surface area contributed by atoms with Gasteiger partial charge in [-0.15, -0.1) is 0 Å². The van der Waals surface area contributed by atoms with Crippen molar-refractivity contribution in [3.05, 3.63) is 85.1 Å². The topological polar surface area (TPSA) is 151 Å². The number of amides is 2. The second kappa shape index (κ2) is 31.0. The van der Waals surface area contributed by atoms with Crippen molar-refractivity contribution in [1.82, 2.24) is 10.6 Å². The number of carbonyl (C=O) groups excluding carboxylic acids is 4. The highest BCUT2D eigenvalue weighted by atomic mass is 16.6. The zero-order chi connectivity index (χ0) is 34.1. The molecule has 0 radical (unpaired) electrons. The van der Waals surface area contributed by atoms with Crippen molar-refractivity contribution in [2.75, 3.05) is 26.4 Å². The predicted molar refractivity (Wildman–Crippen MR) is 181 cm³/mol. The van der Waals surface area contributed by atoms with Crippen molar-refractivity contribution in [3.8, 4) is 0 Å². The molecule has 0 spiro atoms. The Morgan fingerprint density at radius 2 is 1.24 bits per heavy atom. The van der Waals surface area contributed by atoms with Crippen LogP contribution in [0.15, 0.2) is 85.1 Å². The first-order chi connectivity index (χ1) is 22.4. The van der Waals surface area contributed by atoms with Gasteiger partial charge in [0.1, 0.15) is 12.1 Å². The van der Waals surface area contributed by atoms with E-state index in [-0.39, 0.29) is 25.5 Å². The fraction of sp³-hybridized carbons (Fsp3) is 0.500. The minimum absolute atomic E-state index is 0.120. The van der Waals surface area contributed by atoms with Gasteiger partial charge < -0.3 is 30.3 Å². The van der Waals surface area contributed by atoms with Crippen LogP contribution in [-0.2, 0) is 28.7 Å². The van der Waals surface area contributed by atoms with Gasteiger partial charge in [-0.2, -0.15) is 0 Å². The molecule has 0 saturated heterocycles. The highest BCUT2D eigenvalue weighted by Crippen LogP contribution is 2.04. The number of aliphatic hydroxyl groups excluding tert-OH is 2. The second-order valence-corrected chi connectivity index (χ2v) is 10.0. The van der Waals surface area contributed by atoms with E-state index < -0.39 is 43.2 Å². The van der Waals surface area contributed by atoms with Gasteiger partial charge in [0.15, 0.2) is 0 Å². The summed E-state index contributed by atoms with van der Waals surface area (Å²) in [5.41, 5.74) is 0.